The summed E-state index contributed by atoms with van der Waals surface area (Å²) in [6.45, 7) is 2.35. The Hall–Kier alpha value is -3.01. The molecule has 1 amide bonds. The van der Waals surface area contributed by atoms with Gasteiger partial charge in [-0.25, -0.2) is 4.98 Å². The van der Waals surface area contributed by atoms with Gasteiger partial charge in [-0.2, -0.15) is 0 Å². The van der Waals surface area contributed by atoms with Crippen molar-refractivity contribution in [2.75, 3.05) is 30.2 Å². The molecule has 0 aliphatic carbocycles. The number of aromatic nitrogens is 1. The minimum absolute atomic E-state index is 0.153. The monoisotopic (exact) mass is 548 g/mol. The molecule has 0 bridgehead atoms. The van der Waals surface area contributed by atoms with Crippen molar-refractivity contribution in [1.29, 1.82) is 0 Å². The van der Waals surface area contributed by atoms with Crippen LogP contribution in [0.1, 0.15) is 12.5 Å². The highest BCUT2D eigenvalue weighted by molar-refractivity contribution is 14.1. The van der Waals surface area contributed by atoms with Crippen LogP contribution in [0.3, 0.4) is 0 Å². The number of anilines is 1. The lowest BCUT2D eigenvalue weighted by Gasteiger charge is -2.24. The number of rotatable bonds is 10. The number of alkyl halides is 1. The van der Waals surface area contributed by atoms with Gasteiger partial charge in [0.15, 0.2) is 0 Å². The number of carbonyl (C=O) groups is 1. The van der Waals surface area contributed by atoms with E-state index < -0.39 is 0 Å². The maximum atomic E-state index is 12.7. The summed E-state index contributed by atoms with van der Waals surface area (Å²) >= 11 is 2.26. The first-order valence-corrected chi connectivity index (χ1v) is 11.5. The van der Waals surface area contributed by atoms with Crippen LogP contribution in [0.25, 0.3) is 0 Å². The van der Waals surface area contributed by atoms with Crippen LogP contribution in [0.4, 0.5) is 5.69 Å². The second-order valence-corrected chi connectivity index (χ2v) is 7.80. The molecule has 0 aliphatic heterocycles. The molecule has 0 saturated carbocycles. The van der Waals surface area contributed by atoms with Gasteiger partial charge in [0.05, 0.1) is 27.4 Å². The molecule has 1 aromatic heterocycles. The largest absolute Gasteiger partial charge is 0.497 e. The highest BCUT2D eigenvalue weighted by Crippen LogP contribution is 2.34. The van der Waals surface area contributed by atoms with E-state index in [4.69, 9.17) is 18.9 Å². The highest BCUT2D eigenvalue weighted by Gasteiger charge is 2.20. The molecule has 32 heavy (non-hydrogen) atoms. The Morgan fingerprint density at radius 3 is 2.34 bits per heavy atom. The Labute approximate surface area is 201 Å². The molecule has 0 atom stereocenters. The van der Waals surface area contributed by atoms with Crippen LogP contribution in [0.15, 0.2) is 60.8 Å². The summed E-state index contributed by atoms with van der Waals surface area (Å²) in [4.78, 5) is 18.6. The molecule has 0 aliphatic rings. The van der Waals surface area contributed by atoms with Gasteiger partial charge in [-0.05, 0) is 54.6 Å². The van der Waals surface area contributed by atoms with E-state index >= 15 is 0 Å². The van der Waals surface area contributed by atoms with E-state index in [0.717, 1.165) is 15.7 Å². The first kappa shape index (κ1) is 23.6. The SMILES string of the molecule is COc1ccc(Oc2ncccc2N(Cc2cc(OC)ccc2OCCI)C(C)=O)cc1. The van der Waals surface area contributed by atoms with Crippen molar-refractivity contribution in [2.24, 2.45) is 0 Å². The first-order valence-electron chi connectivity index (χ1n) is 9.96. The van der Waals surface area contributed by atoms with Gasteiger partial charge in [0, 0.05) is 23.1 Å². The topological polar surface area (TPSA) is 70.1 Å². The molecule has 0 radical (unpaired) electrons. The fourth-order valence-corrected chi connectivity index (χ4v) is 3.27. The molecule has 0 saturated heterocycles. The summed E-state index contributed by atoms with van der Waals surface area (Å²) in [6.07, 6.45) is 1.63. The molecule has 0 fully saturated rings. The fourth-order valence-electron chi connectivity index (χ4n) is 3.05. The number of halogens is 1. The van der Waals surface area contributed by atoms with Gasteiger partial charge in [-0.15, -0.1) is 0 Å². The highest BCUT2D eigenvalue weighted by atomic mass is 127. The summed E-state index contributed by atoms with van der Waals surface area (Å²) in [7, 11) is 3.21. The molecule has 8 heteroatoms. The number of amides is 1. The molecular formula is C24H25IN2O5. The van der Waals surface area contributed by atoms with Crippen LogP contribution in [0.5, 0.6) is 28.9 Å². The van der Waals surface area contributed by atoms with E-state index in [9.17, 15) is 4.79 Å². The molecule has 3 rings (SSSR count). The maximum absolute atomic E-state index is 12.7. The third-order valence-corrected chi connectivity index (χ3v) is 5.07. The maximum Gasteiger partial charge on any atom is 0.243 e. The zero-order chi connectivity index (χ0) is 22.9. The van der Waals surface area contributed by atoms with Gasteiger partial charge in [0.25, 0.3) is 0 Å². The van der Waals surface area contributed by atoms with Crippen LogP contribution in [-0.2, 0) is 11.3 Å². The van der Waals surface area contributed by atoms with Crippen LogP contribution in [-0.4, -0.2) is 36.1 Å². The lowest BCUT2D eigenvalue weighted by Crippen LogP contribution is -2.28. The number of carbonyl (C=O) groups excluding carboxylic acids is 1. The third kappa shape index (κ3) is 6.03. The van der Waals surface area contributed by atoms with E-state index in [2.05, 4.69) is 27.6 Å². The molecule has 0 N–H and O–H groups in total. The molecule has 0 unspecified atom stereocenters. The van der Waals surface area contributed by atoms with Crippen molar-refractivity contribution < 1.29 is 23.7 Å². The van der Waals surface area contributed by atoms with Crippen LogP contribution < -0.4 is 23.8 Å². The number of ether oxygens (including phenoxy) is 4. The van der Waals surface area contributed by atoms with E-state index in [1.807, 2.05) is 18.2 Å². The van der Waals surface area contributed by atoms with Gasteiger partial charge in [-0.1, -0.05) is 22.6 Å². The Morgan fingerprint density at radius 1 is 1.00 bits per heavy atom. The second kappa shape index (κ2) is 11.6. The molecule has 2 aromatic carbocycles. The Balaban J connectivity index is 1.93. The minimum Gasteiger partial charge on any atom is -0.497 e. The van der Waals surface area contributed by atoms with Gasteiger partial charge in [0.1, 0.15) is 28.7 Å². The van der Waals surface area contributed by atoms with Crippen molar-refractivity contribution in [3.63, 3.8) is 0 Å². The van der Waals surface area contributed by atoms with Crippen LogP contribution in [0.2, 0.25) is 0 Å². The van der Waals surface area contributed by atoms with Crippen LogP contribution >= 0.6 is 22.6 Å². The van der Waals surface area contributed by atoms with E-state index in [1.54, 1.807) is 61.7 Å². The second-order valence-electron chi connectivity index (χ2n) is 6.72. The first-order chi connectivity index (χ1) is 15.5. The van der Waals surface area contributed by atoms with Crippen molar-refractivity contribution in [3.05, 3.63) is 66.4 Å². The predicted octanol–water partition coefficient (Wildman–Crippen LogP) is 5.26. The molecule has 168 valence electrons. The molecular weight excluding hydrogens is 523 g/mol. The number of hydrogen-bond acceptors (Lipinski definition) is 6. The Kier molecular flexibility index (Phi) is 8.55. The summed E-state index contributed by atoms with van der Waals surface area (Å²) in [5.41, 5.74) is 1.38. The van der Waals surface area contributed by atoms with Gasteiger partial charge in [0.2, 0.25) is 11.8 Å². The Bertz CT molecular complexity index is 1040. The van der Waals surface area contributed by atoms with Crippen molar-refractivity contribution in [3.8, 4) is 28.9 Å². The number of pyridine rings is 1. The summed E-state index contributed by atoms with van der Waals surface area (Å²) in [5, 5.41) is 0. The van der Waals surface area contributed by atoms with E-state index in [0.29, 0.717) is 35.4 Å². The van der Waals surface area contributed by atoms with Gasteiger partial charge in [-0.3, -0.25) is 4.79 Å². The van der Waals surface area contributed by atoms with E-state index in [1.165, 1.54) is 6.92 Å². The molecule has 7 nitrogen and oxygen atoms in total. The smallest absolute Gasteiger partial charge is 0.243 e. The van der Waals surface area contributed by atoms with Crippen molar-refractivity contribution >= 4 is 34.2 Å². The predicted molar refractivity (Wildman–Crippen MR) is 132 cm³/mol. The quantitative estimate of drug-likeness (QED) is 0.255. The minimum atomic E-state index is -0.153. The van der Waals surface area contributed by atoms with Crippen molar-refractivity contribution in [1.82, 2.24) is 4.98 Å². The summed E-state index contributed by atoms with van der Waals surface area (Å²) in [5.74, 6) is 2.87. The van der Waals surface area contributed by atoms with Gasteiger partial charge < -0.3 is 23.8 Å². The third-order valence-electron chi connectivity index (χ3n) is 4.63. The Morgan fingerprint density at radius 2 is 1.69 bits per heavy atom. The molecule has 0 spiro atoms. The zero-order valence-electron chi connectivity index (χ0n) is 18.2. The number of nitrogens with zero attached hydrogens (tertiary/aromatic N) is 2. The molecule has 3 aromatic rings. The lowest BCUT2D eigenvalue weighted by molar-refractivity contribution is -0.116. The van der Waals surface area contributed by atoms with Crippen LogP contribution in [0, 0.1) is 0 Å². The normalized spacial score (nSPS) is 10.4. The molecule has 1 heterocycles. The van der Waals surface area contributed by atoms with Gasteiger partial charge >= 0.3 is 0 Å². The van der Waals surface area contributed by atoms with Crippen molar-refractivity contribution in [2.45, 2.75) is 13.5 Å². The number of hydrogen-bond donors (Lipinski definition) is 0. The average Bonchev–Trinajstić information content (AvgIpc) is 2.82. The van der Waals surface area contributed by atoms with E-state index in [-0.39, 0.29) is 12.5 Å². The summed E-state index contributed by atoms with van der Waals surface area (Å²) < 4.78 is 23.3. The number of methoxy groups -OCH3 is 2. The lowest BCUT2D eigenvalue weighted by atomic mass is 10.1. The number of benzene rings is 2. The summed E-state index contributed by atoms with van der Waals surface area (Å²) in [6, 6.07) is 16.3. The zero-order valence-corrected chi connectivity index (χ0v) is 20.4. The fraction of sp³-hybridized carbons (Fsp3) is 0.250. The average molecular weight is 548 g/mol. The standard InChI is InChI=1S/C24H25IN2O5/c1-17(28)27(16-18-15-21(30-3)10-11-23(18)31-14-12-25)22-5-4-13-26-24(22)32-20-8-6-19(29-2)7-9-20/h4-11,13,15H,12,14,16H2,1-3H3.